The van der Waals surface area contributed by atoms with Crippen LogP contribution in [-0.2, 0) is 6.42 Å². The van der Waals surface area contributed by atoms with Gasteiger partial charge in [-0.3, -0.25) is 0 Å². The summed E-state index contributed by atoms with van der Waals surface area (Å²) in [6.45, 7) is 0. The molecule has 0 spiro atoms. The summed E-state index contributed by atoms with van der Waals surface area (Å²) in [6, 6.07) is 43.7. The number of hydrogen-bond donors (Lipinski definition) is 1. The molecule has 1 atom stereocenters. The lowest BCUT2D eigenvalue weighted by Crippen LogP contribution is -2.11. The second-order valence-electron chi connectivity index (χ2n) is 20.3. The summed E-state index contributed by atoms with van der Waals surface area (Å²) in [4.78, 5) is 0. The quantitative estimate of drug-likeness (QED) is 0.119. The van der Waals surface area contributed by atoms with Crippen LogP contribution in [0.5, 0.6) is 0 Å². The maximum atomic E-state index is 15.9. The largest absolute Gasteiger partial charge is 0.404 e. The molecule has 22 bridgehead atoms. The Morgan fingerprint density at radius 2 is 0.560 bits per heavy atom. The van der Waals surface area contributed by atoms with Gasteiger partial charge >= 0.3 is 0 Å². The van der Waals surface area contributed by atoms with E-state index in [9.17, 15) is 0 Å². The molecule has 18 aliphatic rings. The van der Waals surface area contributed by atoms with Gasteiger partial charge in [0.2, 0.25) is 0 Å². The number of nitrogens with two attached hydrogens (primary N) is 1. The molecule has 0 saturated heterocycles. The Bertz CT molecular complexity index is 4290. The molecule has 84 heavy (non-hydrogen) atoms. The van der Waals surface area contributed by atoms with Crippen LogP contribution in [0.3, 0.4) is 0 Å². The van der Waals surface area contributed by atoms with Crippen molar-refractivity contribution in [3.63, 3.8) is 0 Å². The molecule has 0 amide bonds. The van der Waals surface area contributed by atoms with Crippen LogP contribution in [0.4, 0.5) is 52.7 Å². The van der Waals surface area contributed by atoms with E-state index in [1.165, 1.54) is 115 Å². The maximum Gasteiger partial charge on any atom is 0.170 e. The molecule has 0 saturated carbocycles. The van der Waals surface area contributed by atoms with E-state index in [0.717, 1.165) is 6.20 Å². The van der Waals surface area contributed by atoms with Crippen molar-refractivity contribution in [2.45, 2.75) is 18.8 Å². The highest BCUT2D eigenvalue weighted by Crippen LogP contribution is 2.43. The molecule has 0 aromatic heterocycles. The fraction of sp³-hybridized carbons (Fsp3) is 0.0423. The van der Waals surface area contributed by atoms with E-state index < -0.39 is 109 Å². The van der Waals surface area contributed by atoms with Gasteiger partial charge in [0.05, 0.1) is 27.8 Å². The highest BCUT2D eigenvalue weighted by Gasteiger charge is 2.32. The molecular formula is C71H41F12N. The molecule has 0 aliphatic heterocycles. The topological polar surface area (TPSA) is 26.0 Å². The molecule has 2 N–H and O–H groups in total. The molecule has 10 aromatic rings. The molecular weight excluding hydrogens is 1090 g/mol. The molecule has 18 aliphatic carbocycles. The van der Waals surface area contributed by atoms with Gasteiger partial charge < -0.3 is 5.73 Å². The first-order valence-electron chi connectivity index (χ1n) is 26.4. The van der Waals surface area contributed by atoms with E-state index in [0.29, 0.717) is 61.2 Å². The summed E-state index contributed by atoms with van der Waals surface area (Å²) in [7, 11) is 0. The van der Waals surface area contributed by atoms with E-state index in [4.69, 9.17) is 5.73 Å². The van der Waals surface area contributed by atoms with Gasteiger partial charge in [0.15, 0.2) is 69.8 Å². The lowest BCUT2D eigenvalue weighted by molar-refractivity contribution is 0.437. The predicted molar refractivity (Wildman–Crippen MR) is 305 cm³/mol. The van der Waals surface area contributed by atoms with E-state index >= 15 is 52.7 Å². The van der Waals surface area contributed by atoms with E-state index in [2.05, 4.69) is 0 Å². The third-order valence-electron chi connectivity index (χ3n) is 15.5. The van der Waals surface area contributed by atoms with Crippen molar-refractivity contribution in [2.24, 2.45) is 5.73 Å². The van der Waals surface area contributed by atoms with Crippen molar-refractivity contribution in [3.8, 4) is 89.0 Å². The zero-order valence-electron chi connectivity index (χ0n) is 43.7. The first kappa shape index (κ1) is 54.7. The van der Waals surface area contributed by atoms with E-state index in [1.54, 1.807) is 84.9 Å². The smallest absolute Gasteiger partial charge is 0.170 e. The van der Waals surface area contributed by atoms with Crippen molar-refractivity contribution < 1.29 is 52.7 Å². The molecule has 0 radical (unpaired) electrons. The predicted octanol–water partition coefficient (Wildman–Crippen LogP) is 20.2. The van der Waals surface area contributed by atoms with Crippen LogP contribution in [0.1, 0.15) is 34.6 Å². The molecule has 0 fully saturated rings. The lowest BCUT2D eigenvalue weighted by atomic mass is 9.86. The zero-order valence-corrected chi connectivity index (χ0v) is 43.7. The van der Waals surface area contributed by atoms with Gasteiger partial charge in [-0.15, -0.1) is 0 Å². The third kappa shape index (κ3) is 9.68. The first-order chi connectivity index (χ1) is 40.6. The number of halogens is 12. The minimum atomic E-state index is -1.67. The van der Waals surface area contributed by atoms with Crippen LogP contribution < -0.4 is 5.73 Å². The molecule has 0 heterocycles. The SMILES string of the molecule is N/C=C1\C=C/Cc2ccc(cc2)-c2ccc(cc2)-c2c(F)c(F)c(c(F)c2F)-c2ccc(cc2)-c2ccc(cc2)-c2ccc(cc2)-c2c(F)c(F)c(c(F)c2F)[C@@H]2C=CC(=CC2)c2ccc(cc2)-c2ccc(cc2)-c2c(F)c(F)c1c(F)c2F. The molecule has 10 aromatic carbocycles. The lowest BCUT2D eigenvalue weighted by Gasteiger charge is -2.20. The molecule has 28 rings (SSSR count). The van der Waals surface area contributed by atoms with E-state index in [1.807, 2.05) is 0 Å². The molecule has 13 heteroatoms. The Morgan fingerprint density at radius 3 is 0.845 bits per heavy atom. The van der Waals surface area contributed by atoms with Crippen molar-refractivity contribution in [3.05, 3.63) is 298 Å². The normalized spacial score (nSPS) is 14.6. The number of rotatable bonds is 0. The maximum absolute atomic E-state index is 15.9. The van der Waals surface area contributed by atoms with Crippen molar-refractivity contribution >= 4 is 11.1 Å². The second-order valence-corrected chi connectivity index (χ2v) is 20.3. The Kier molecular flexibility index (Phi) is 14.4. The van der Waals surface area contributed by atoms with Crippen LogP contribution in [-0.4, -0.2) is 0 Å². The summed E-state index contributed by atoms with van der Waals surface area (Å²) in [5.74, 6) is -20.3. The number of fused-ring (bicyclic) bond motifs is 1. The van der Waals surface area contributed by atoms with Crippen LogP contribution in [0, 0.1) is 69.8 Å². The highest BCUT2D eigenvalue weighted by molar-refractivity contribution is 5.82. The van der Waals surface area contributed by atoms with Gasteiger partial charge in [0.1, 0.15) is 0 Å². The minimum Gasteiger partial charge on any atom is -0.404 e. The average Bonchev–Trinajstić information content (AvgIpc) is 3.39. The highest BCUT2D eigenvalue weighted by atomic mass is 19.2. The van der Waals surface area contributed by atoms with Crippen LogP contribution in [0.2, 0.25) is 0 Å². The van der Waals surface area contributed by atoms with Crippen molar-refractivity contribution in [2.75, 3.05) is 0 Å². The summed E-state index contributed by atoms with van der Waals surface area (Å²) in [5, 5.41) is 0. The summed E-state index contributed by atoms with van der Waals surface area (Å²) < 4.78 is 191. The van der Waals surface area contributed by atoms with Gasteiger partial charge in [0, 0.05) is 23.3 Å². The van der Waals surface area contributed by atoms with Crippen molar-refractivity contribution in [1.82, 2.24) is 0 Å². The summed E-state index contributed by atoms with van der Waals surface area (Å²) in [6.07, 6.45) is 8.45. The Morgan fingerprint density at radius 1 is 0.298 bits per heavy atom. The fourth-order valence-corrected chi connectivity index (χ4v) is 11.0. The van der Waals surface area contributed by atoms with Gasteiger partial charge in [-0.25, -0.2) is 52.7 Å². The average molecular weight is 1140 g/mol. The summed E-state index contributed by atoms with van der Waals surface area (Å²) >= 11 is 0. The van der Waals surface area contributed by atoms with Crippen molar-refractivity contribution in [1.29, 1.82) is 0 Å². The van der Waals surface area contributed by atoms with Gasteiger partial charge in [0.25, 0.3) is 0 Å². The van der Waals surface area contributed by atoms with Gasteiger partial charge in [-0.05, 0) is 96.3 Å². The Hall–Kier alpha value is -9.88. The number of benzene rings is 10. The second kappa shape index (κ2) is 22.1. The monoisotopic (exact) mass is 1140 g/mol. The van der Waals surface area contributed by atoms with E-state index in [-0.39, 0.29) is 40.7 Å². The third-order valence-corrected chi connectivity index (χ3v) is 15.5. The fourth-order valence-electron chi connectivity index (χ4n) is 11.0. The van der Waals surface area contributed by atoms with Gasteiger partial charge in [-0.2, -0.15) is 0 Å². The minimum absolute atomic E-state index is 0.00254. The first-order valence-corrected chi connectivity index (χ1v) is 26.4. The molecule has 414 valence electrons. The Labute approximate surface area is 474 Å². The number of allylic oxidation sites excluding steroid dienone is 7. The van der Waals surface area contributed by atoms with Crippen LogP contribution in [0.25, 0.3) is 100 Å². The molecule has 1 nitrogen and oxygen atoms in total. The molecule has 0 unspecified atom stereocenters. The standard InChI is InChI=1S/C71H41F12N/c72-60-54-48-26-16-43(17-27-48)38-6-4-37(5-7-38)2-1-3-53(36-84)59-70(82)68(80)58(69(81)71(59)83)52-34-24-47(25-35-52)42-14-12-41(13-15-42)46-22-32-51(33-23-46)57-66(78)64(76)56(65(77)67(57)79)50-30-20-45(21-31-50)40-10-8-39(9-11-40)44-18-28-49(29-19-44)55(62(60)74)63(75)61(54)73/h1,3-32,34-36,51H,2,33,84H2/b3-1-,53-36+/t51-/m1/s1. The zero-order chi connectivity index (χ0) is 58.7. The van der Waals surface area contributed by atoms with Gasteiger partial charge in [-0.1, -0.05) is 200 Å². The Balaban J connectivity index is 0.871. The van der Waals surface area contributed by atoms with Crippen LogP contribution in [0.15, 0.2) is 206 Å². The van der Waals surface area contributed by atoms with Crippen LogP contribution >= 0.6 is 0 Å². The number of hydrogen-bond acceptors (Lipinski definition) is 1. The summed E-state index contributed by atoms with van der Waals surface area (Å²) in [5.41, 5.74) is 6.50.